The second kappa shape index (κ2) is 7.81. The van der Waals surface area contributed by atoms with E-state index in [1.54, 1.807) is 16.7 Å². The predicted molar refractivity (Wildman–Crippen MR) is 115 cm³/mol. The van der Waals surface area contributed by atoms with E-state index in [1.807, 2.05) is 4.90 Å². The highest BCUT2D eigenvalue weighted by atomic mass is 32.2. The van der Waals surface area contributed by atoms with Crippen LogP contribution in [0, 0.1) is 11.6 Å². The second-order valence-corrected chi connectivity index (χ2v) is 10.5. The van der Waals surface area contributed by atoms with Crippen LogP contribution in [0.15, 0.2) is 36.4 Å². The van der Waals surface area contributed by atoms with Crippen LogP contribution in [-0.2, 0) is 16.6 Å². The summed E-state index contributed by atoms with van der Waals surface area (Å²) in [5, 5.41) is 11.9. The number of aliphatic hydroxyl groups excluding tert-OH is 1. The molecule has 31 heavy (non-hydrogen) atoms. The largest absolute Gasteiger partial charge is 0.390 e. The molecule has 2 aliphatic rings. The molecule has 0 radical (unpaired) electrons. The van der Waals surface area contributed by atoms with Crippen molar-refractivity contribution in [3.63, 3.8) is 0 Å². The molecule has 2 heterocycles. The Kier molecular flexibility index (Phi) is 5.24. The Hall–Kier alpha value is -2.07. The number of β-amino-alcohol motifs (C(OH)–C–C–N with tert-alkyl or cyclic N) is 1. The van der Waals surface area contributed by atoms with Gasteiger partial charge in [-0.25, -0.2) is 17.2 Å². The fraction of sp³-hybridized carbons (Fsp3) is 0.455. The third kappa shape index (κ3) is 3.84. The Morgan fingerprint density at radius 3 is 2.10 bits per heavy atom. The normalized spacial score (nSPS) is 21.5. The first-order valence-corrected chi connectivity index (χ1v) is 12.2. The zero-order chi connectivity index (χ0) is 21.8. The van der Waals surface area contributed by atoms with Crippen molar-refractivity contribution in [2.75, 3.05) is 25.5 Å². The summed E-state index contributed by atoms with van der Waals surface area (Å²) in [6.45, 7) is 1.14. The van der Waals surface area contributed by atoms with Crippen LogP contribution in [0.3, 0.4) is 0 Å². The molecule has 0 spiro atoms. The van der Waals surface area contributed by atoms with Crippen molar-refractivity contribution in [1.82, 2.24) is 13.8 Å². The van der Waals surface area contributed by atoms with E-state index in [4.69, 9.17) is 0 Å². The molecule has 1 aromatic heterocycles. The third-order valence-electron chi connectivity index (χ3n) is 6.55. The molecular weight excluding hydrogens is 424 g/mol. The number of hydrogen-bond acceptors (Lipinski definition) is 4. The summed E-state index contributed by atoms with van der Waals surface area (Å²) in [6, 6.07) is 8.91. The van der Waals surface area contributed by atoms with Gasteiger partial charge in [-0.05, 0) is 49.2 Å². The van der Waals surface area contributed by atoms with E-state index in [0.29, 0.717) is 40.9 Å². The Labute approximate surface area is 179 Å². The molecule has 1 aliphatic carbocycles. The predicted octanol–water partition coefficient (Wildman–Crippen LogP) is 2.89. The molecule has 1 saturated carbocycles. The van der Waals surface area contributed by atoms with Crippen molar-refractivity contribution >= 4 is 31.8 Å². The minimum absolute atomic E-state index is 0.00167. The van der Waals surface area contributed by atoms with Crippen LogP contribution < -0.4 is 0 Å². The molecule has 1 N–H and O–H groups in total. The zero-order valence-electron chi connectivity index (χ0n) is 17.0. The summed E-state index contributed by atoms with van der Waals surface area (Å²) >= 11 is 0. The smallest absolute Gasteiger partial charge is 0.227 e. The first kappa shape index (κ1) is 20.8. The number of hydrogen-bond donors (Lipinski definition) is 1. The summed E-state index contributed by atoms with van der Waals surface area (Å²) < 4.78 is 56.3. The molecule has 0 bridgehead atoms. The van der Waals surface area contributed by atoms with Crippen LogP contribution in [-0.4, -0.2) is 65.0 Å². The van der Waals surface area contributed by atoms with Crippen molar-refractivity contribution in [2.24, 2.45) is 0 Å². The second-order valence-electron chi connectivity index (χ2n) is 8.58. The number of aromatic nitrogens is 1. The summed E-state index contributed by atoms with van der Waals surface area (Å²) in [4.78, 5) is 2.03. The maximum atomic E-state index is 13.8. The molecule has 3 aromatic rings. The number of halogens is 2. The van der Waals surface area contributed by atoms with Crippen LogP contribution >= 0.6 is 0 Å². The zero-order valence-corrected chi connectivity index (χ0v) is 17.9. The molecule has 1 aliphatic heterocycles. The third-order valence-corrected chi connectivity index (χ3v) is 8.32. The van der Waals surface area contributed by atoms with E-state index in [2.05, 4.69) is 0 Å². The van der Waals surface area contributed by atoms with Crippen molar-refractivity contribution < 1.29 is 22.3 Å². The van der Waals surface area contributed by atoms with Gasteiger partial charge in [-0.15, -0.1) is 0 Å². The molecule has 9 heteroatoms. The van der Waals surface area contributed by atoms with E-state index >= 15 is 0 Å². The highest BCUT2D eigenvalue weighted by Crippen LogP contribution is 2.31. The van der Waals surface area contributed by atoms with Crippen LogP contribution in [0.2, 0.25) is 0 Å². The lowest BCUT2D eigenvalue weighted by Gasteiger charge is -2.42. The lowest BCUT2D eigenvalue weighted by molar-refractivity contribution is 0.0970. The maximum Gasteiger partial charge on any atom is 0.227 e. The van der Waals surface area contributed by atoms with Gasteiger partial charge in [0.15, 0.2) is 0 Å². The topological polar surface area (TPSA) is 65.8 Å². The van der Waals surface area contributed by atoms with Crippen LogP contribution in [0.1, 0.15) is 19.3 Å². The van der Waals surface area contributed by atoms with E-state index in [1.165, 1.54) is 28.6 Å². The number of fused-ring (bicyclic) bond motifs is 3. The highest BCUT2D eigenvalue weighted by molar-refractivity contribution is 7.89. The Morgan fingerprint density at radius 1 is 0.968 bits per heavy atom. The number of benzene rings is 2. The lowest BCUT2D eigenvalue weighted by atomic mass is 9.92. The van der Waals surface area contributed by atoms with Crippen LogP contribution in [0.5, 0.6) is 0 Å². The number of sulfonamides is 1. The molecule has 2 aromatic carbocycles. The van der Waals surface area contributed by atoms with Crippen LogP contribution in [0.25, 0.3) is 21.8 Å². The highest BCUT2D eigenvalue weighted by Gasteiger charge is 2.36. The van der Waals surface area contributed by atoms with E-state index < -0.39 is 27.8 Å². The summed E-state index contributed by atoms with van der Waals surface area (Å²) in [6.07, 6.45) is 2.29. The van der Waals surface area contributed by atoms with Crippen molar-refractivity contribution in [2.45, 2.75) is 38.0 Å². The van der Waals surface area contributed by atoms with Gasteiger partial charge in [0.1, 0.15) is 17.5 Å². The fourth-order valence-corrected chi connectivity index (χ4v) is 6.41. The molecular formula is C22H25F2N3O3S. The average molecular weight is 450 g/mol. The molecule has 1 unspecified atom stereocenters. The first-order chi connectivity index (χ1) is 14.8. The van der Waals surface area contributed by atoms with Crippen molar-refractivity contribution in [3.8, 4) is 0 Å². The van der Waals surface area contributed by atoms with Crippen LogP contribution in [0.4, 0.5) is 8.78 Å². The van der Waals surface area contributed by atoms with Gasteiger partial charge in [0.05, 0.1) is 12.6 Å². The van der Waals surface area contributed by atoms with Gasteiger partial charge in [-0.1, -0.05) is 6.42 Å². The Morgan fingerprint density at radius 2 is 1.58 bits per heavy atom. The Bertz CT molecular complexity index is 1180. The summed E-state index contributed by atoms with van der Waals surface area (Å²) in [5.74, 6) is -0.850. The van der Waals surface area contributed by atoms with Gasteiger partial charge in [0.25, 0.3) is 0 Å². The minimum Gasteiger partial charge on any atom is -0.390 e. The van der Waals surface area contributed by atoms with Gasteiger partial charge < -0.3 is 9.67 Å². The van der Waals surface area contributed by atoms with E-state index in [0.717, 1.165) is 19.3 Å². The van der Waals surface area contributed by atoms with Gasteiger partial charge >= 0.3 is 0 Å². The molecule has 1 atom stereocenters. The number of aliphatic hydroxyl groups is 1. The molecule has 2 fully saturated rings. The average Bonchev–Trinajstić information content (AvgIpc) is 2.94. The fourth-order valence-electron chi connectivity index (χ4n) is 4.73. The van der Waals surface area contributed by atoms with Gasteiger partial charge in [0, 0.05) is 47.5 Å². The summed E-state index contributed by atoms with van der Waals surface area (Å²) in [7, 11) is -3.47. The summed E-state index contributed by atoms with van der Waals surface area (Å²) in [5.41, 5.74) is 1.33. The van der Waals surface area contributed by atoms with E-state index in [-0.39, 0.29) is 19.0 Å². The molecule has 5 rings (SSSR count). The minimum atomic E-state index is -3.47. The van der Waals surface area contributed by atoms with Crippen molar-refractivity contribution in [1.29, 1.82) is 0 Å². The number of nitrogens with zero attached hydrogens (tertiary/aromatic N) is 3. The van der Waals surface area contributed by atoms with E-state index in [9.17, 15) is 22.3 Å². The number of rotatable bonds is 5. The standard InChI is InChI=1S/C22H25F2N3O3S/c23-15-4-6-21-19(10-15)20-11-16(24)5-7-22(20)27(21)13-18(28)12-26-9-8-25(14-31(26,29)30)17-2-1-3-17/h4-7,10-11,17-18,28H,1-3,8-9,12-14H2. The molecule has 0 amide bonds. The molecule has 1 saturated heterocycles. The quantitative estimate of drug-likeness (QED) is 0.651. The SMILES string of the molecule is O=S1(=O)CN(C2CCC2)CCN1CC(O)Cn1c2ccc(F)cc2c2cc(F)ccc21. The molecule has 6 nitrogen and oxygen atoms in total. The monoisotopic (exact) mass is 449 g/mol. The van der Waals surface area contributed by atoms with Gasteiger partial charge in [-0.2, -0.15) is 4.31 Å². The van der Waals surface area contributed by atoms with Gasteiger partial charge in [-0.3, -0.25) is 4.90 Å². The lowest BCUT2D eigenvalue weighted by Crippen LogP contribution is -2.56. The van der Waals surface area contributed by atoms with Crippen molar-refractivity contribution in [3.05, 3.63) is 48.0 Å². The van der Waals surface area contributed by atoms with Gasteiger partial charge in [0.2, 0.25) is 10.0 Å². The Balaban J connectivity index is 1.38. The first-order valence-electron chi connectivity index (χ1n) is 10.6. The maximum absolute atomic E-state index is 13.8. The molecule has 166 valence electrons.